The first-order valence-corrected chi connectivity index (χ1v) is 29.1. The molecule has 0 unspecified atom stereocenters. The average Bonchev–Trinajstić information content (AvgIpc) is 1.61. The Labute approximate surface area is 470 Å². The van der Waals surface area contributed by atoms with Crippen LogP contribution in [0.25, 0.3) is 0 Å². The molecule has 26 nitrogen and oxygen atoms in total. The molecule has 0 aromatic carbocycles. The number of hydrogen-bond acceptors (Lipinski definition) is 25. The molecule has 10 N–H and O–H groups in total. The molecule has 9 aliphatic rings. The maximum atomic E-state index is 14.6. The molecule has 0 radical (unpaired) electrons. The zero-order valence-corrected chi connectivity index (χ0v) is 47.7. The third-order valence-electron chi connectivity index (χ3n) is 19.5. The minimum Gasteiger partial charge on any atom is -0.512 e. The second-order valence-corrected chi connectivity index (χ2v) is 26.0. The molecule has 8 fully saturated rings. The normalized spacial score (nSPS) is 48.8. The summed E-state index contributed by atoms with van der Waals surface area (Å²) in [5, 5.41) is 100. The molecule has 5 heterocycles. The van der Waals surface area contributed by atoms with Crippen molar-refractivity contribution in [3.8, 4) is 0 Å². The van der Waals surface area contributed by atoms with Gasteiger partial charge in [0, 0.05) is 25.9 Å². The molecule has 0 amide bonds. The predicted octanol–water partition coefficient (Wildman–Crippen LogP) is -0.107. The topological polar surface area (TPSA) is 381 Å². The second-order valence-electron chi connectivity index (χ2n) is 25.0. The summed E-state index contributed by atoms with van der Waals surface area (Å²) >= 11 is 0. The van der Waals surface area contributed by atoms with Crippen LogP contribution in [-0.4, -0.2) is 227 Å². The summed E-state index contributed by atoms with van der Waals surface area (Å²) in [5.41, 5.74) is -2.69. The lowest BCUT2D eigenvalue weighted by Gasteiger charge is -2.64. The van der Waals surface area contributed by atoms with Gasteiger partial charge in [-0.3, -0.25) is 14.1 Å². The number of cyclic esters (lactones) is 1. The van der Waals surface area contributed by atoms with Gasteiger partial charge in [-0.1, -0.05) is 45.4 Å². The fourth-order valence-electron chi connectivity index (χ4n) is 15.7. The van der Waals surface area contributed by atoms with Gasteiger partial charge in [0.15, 0.2) is 25.2 Å². The van der Waals surface area contributed by atoms with E-state index in [0.29, 0.717) is 32.1 Å². The van der Waals surface area contributed by atoms with E-state index >= 15 is 0 Å². The van der Waals surface area contributed by atoms with Crippen molar-refractivity contribution in [1.29, 1.82) is 0 Å². The molecular weight excluding hydrogens is 1100 g/mol. The number of fused-ring (bicyclic) bond motifs is 4. The first-order chi connectivity index (χ1) is 37.9. The number of ether oxygens (including phenoxy) is 11. The number of esters is 2. The van der Waals surface area contributed by atoms with E-state index in [1.165, 1.54) is 14.0 Å². The monoisotopic (exact) mass is 1180 g/mol. The number of methoxy groups -OCH3 is 1. The lowest BCUT2D eigenvalue weighted by Crippen LogP contribution is -2.64. The van der Waals surface area contributed by atoms with E-state index in [2.05, 4.69) is 6.92 Å². The summed E-state index contributed by atoms with van der Waals surface area (Å²) in [6.45, 7) is 12.8. The molecule has 26 atom stereocenters. The first-order valence-electron chi connectivity index (χ1n) is 27.7. The van der Waals surface area contributed by atoms with Gasteiger partial charge in [-0.2, -0.15) is 8.42 Å². The Morgan fingerprint density at radius 2 is 1.38 bits per heavy atom. The molecule has 81 heavy (non-hydrogen) atoms. The summed E-state index contributed by atoms with van der Waals surface area (Å²) in [6, 6.07) is 0. The number of aliphatic hydroxyl groups is 9. The number of hydrogen-bond donors (Lipinski definition) is 10. The van der Waals surface area contributed by atoms with Gasteiger partial charge in [0.05, 0.1) is 49.6 Å². The van der Waals surface area contributed by atoms with Crippen LogP contribution in [0.15, 0.2) is 35.1 Å². The molecule has 5 saturated heterocycles. The molecule has 1 spiro atoms. The molecule has 460 valence electrons. The molecule has 4 aliphatic carbocycles. The van der Waals surface area contributed by atoms with E-state index in [4.69, 9.17) is 56.3 Å². The molecule has 0 aromatic rings. The van der Waals surface area contributed by atoms with E-state index in [0.717, 1.165) is 11.1 Å². The largest absolute Gasteiger partial charge is 0.512 e. The fourth-order valence-corrected chi connectivity index (χ4v) is 16.2. The van der Waals surface area contributed by atoms with E-state index in [9.17, 15) is 68.5 Å². The highest BCUT2D eigenvalue weighted by molar-refractivity contribution is 7.80. The van der Waals surface area contributed by atoms with Gasteiger partial charge in [-0.15, -0.1) is 0 Å². The molecule has 0 bridgehead atoms. The number of allylic oxidation sites excluding steroid dienone is 5. The highest BCUT2D eigenvalue weighted by Crippen LogP contribution is 2.77. The standard InChI is InChI=1S/C54H82O26S/c1-23(2)11-10-14-53(8)44-28(73-24(3)56)18-52(7)34-25(12-16-54(44,52)49(65)79-53)51(6)15-13-33(50(4,5)32(51)17-26(34)57)76-48-43(37(61)31(22-72-48)80-81(66,67)68)78-45-38(62)35(59)30(21-71-45)75-46-39(63)41(27(58)20-70-46)77-47-40(64)42(69-9)36(60)29(19-55)74-47/h10-11,14,25,27-33,35-48,55,57-64H,12-13,15-22H2,1-9H3,(H,66,67,68)/b14-10-/t25-,27+,28-,29+,30+,31+,32-,33-,35-,36+,37-,38+,39+,40+,41-,42-,43+,44+,45-,46-,47-,48-,51+,52-,53-,54+/m0/s1. The zero-order chi connectivity index (χ0) is 59.3. The van der Waals surface area contributed by atoms with Gasteiger partial charge in [0.25, 0.3) is 0 Å². The van der Waals surface area contributed by atoms with Crippen LogP contribution in [0.1, 0.15) is 93.9 Å². The maximum absolute atomic E-state index is 14.6. The number of aliphatic hydroxyl groups excluding tert-OH is 9. The van der Waals surface area contributed by atoms with Gasteiger partial charge in [0.1, 0.15) is 91.1 Å². The molecule has 5 aliphatic heterocycles. The lowest BCUT2D eigenvalue weighted by molar-refractivity contribution is -0.373. The van der Waals surface area contributed by atoms with Crippen LogP contribution in [-0.2, 0) is 76.3 Å². The second kappa shape index (κ2) is 23.1. The molecular formula is C54H82O26S. The molecule has 27 heteroatoms. The van der Waals surface area contributed by atoms with Gasteiger partial charge in [0.2, 0.25) is 0 Å². The van der Waals surface area contributed by atoms with Crippen molar-refractivity contribution in [2.24, 2.45) is 39.4 Å². The van der Waals surface area contributed by atoms with E-state index in [-0.39, 0.29) is 24.0 Å². The molecule has 9 rings (SSSR count). The Balaban J connectivity index is 0.912. The van der Waals surface area contributed by atoms with Crippen LogP contribution in [0.5, 0.6) is 0 Å². The van der Waals surface area contributed by atoms with Crippen LogP contribution >= 0.6 is 0 Å². The van der Waals surface area contributed by atoms with Crippen molar-refractivity contribution in [2.75, 3.05) is 33.5 Å². The predicted molar refractivity (Wildman–Crippen MR) is 273 cm³/mol. The van der Waals surface area contributed by atoms with Crippen LogP contribution in [0.4, 0.5) is 0 Å². The van der Waals surface area contributed by atoms with Crippen molar-refractivity contribution < 1.29 is 125 Å². The maximum Gasteiger partial charge on any atom is 0.397 e. The van der Waals surface area contributed by atoms with Gasteiger partial charge >= 0.3 is 22.3 Å². The highest BCUT2D eigenvalue weighted by atomic mass is 32.3. The quantitative estimate of drug-likeness (QED) is 0.0581. The van der Waals surface area contributed by atoms with Crippen molar-refractivity contribution >= 4 is 22.3 Å². The van der Waals surface area contributed by atoms with Gasteiger partial charge in [-0.05, 0) is 87.2 Å². The number of rotatable bonds is 15. The highest BCUT2D eigenvalue weighted by Gasteiger charge is 2.80. The van der Waals surface area contributed by atoms with Crippen molar-refractivity contribution in [3.63, 3.8) is 0 Å². The minimum atomic E-state index is -5.18. The Bertz CT molecular complexity index is 2520. The molecule has 0 aromatic heterocycles. The fraction of sp³-hybridized carbons (Fsp3) is 0.852. The van der Waals surface area contributed by atoms with E-state index in [1.54, 1.807) is 0 Å². The van der Waals surface area contributed by atoms with E-state index < -0.39 is 199 Å². The summed E-state index contributed by atoms with van der Waals surface area (Å²) in [4.78, 5) is 27.4. The SMILES string of the molecule is CO[C@@H]1[C@@H](O)[C@H](O[C@@H]2[C@@H](O)[C@H](O[C@@H]3CO[C@@H](O[C@H]4[C@H](O[C@H]5CC[C@]6(C)[C@H]7CC[C@]89C(=O)O[C@@](C)(/C=C\C=C(C)C)[C@H]8[C@@H](OC(C)=O)C[C@@]9(C)C7=C(O)C[C@H]6C5(C)C)OC[C@@H](OS(=O)(=O)O)[C@@H]4O)[C@H](O)[C@H]3O)OC[C@H]2O)O[C@H](CO)[C@H]1O. The summed E-state index contributed by atoms with van der Waals surface area (Å²) in [6.07, 6.45) is -21.5. The summed E-state index contributed by atoms with van der Waals surface area (Å²) < 4.78 is 103. The first kappa shape index (κ1) is 62.7. The Kier molecular flexibility index (Phi) is 17.9. The zero-order valence-electron chi connectivity index (χ0n) is 46.9. The van der Waals surface area contributed by atoms with Crippen molar-refractivity contribution in [2.45, 2.75) is 216 Å². The third-order valence-corrected chi connectivity index (χ3v) is 20.0. The summed E-state index contributed by atoms with van der Waals surface area (Å²) in [5.74, 6) is -1.81. The van der Waals surface area contributed by atoms with Crippen LogP contribution < -0.4 is 0 Å². The minimum absolute atomic E-state index is 0.129. The Morgan fingerprint density at radius 3 is 2.04 bits per heavy atom. The van der Waals surface area contributed by atoms with Gasteiger partial charge in [-0.25, -0.2) is 4.18 Å². The van der Waals surface area contributed by atoms with E-state index in [1.807, 2.05) is 59.8 Å². The van der Waals surface area contributed by atoms with Crippen LogP contribution in [0.3, 0.4) is 0 Å². The summed E-state index contributed by atoms with van der Waals surface area (Å²) in [7, 11) is -3.98. The van der Waals surface area contributed by atoms with Crippen molar-refractivity contribution in [3.05, 3.63) is 35.1 Å². The number of carbonyl (C=O) groups is 2. The average molecular weight is 1180 g/mol. The lowest BCUT2D eigenvalue weighted by atomic mass is 9.40. The van der Waals surface area contributed by atoms with Crippen LogP contribution in [0.2, 0.25) is 0 Å². The van der Waals surface area contributed by atoms with Crippen molar-refractivity contribution in [1.82, 2.24) is 0 Å². The third kappa shape index (κ3) is 11.0. The Hall–Kier alpha value is -2.85. The smallest absolute Gasteiger partial charge is 0.397 e. The number of carbonyl (C=O) groups excluding carboxylic acids is 2. The Morgan fingerprint density at radius 1 is 0.741 bits per heavy atom. The van der Waals surface area contributed by atoms with Gasteiger partial charge < -0.3 is 98.1 Å². The van der Waals surface area contributed by atoms with Crippen LogP contribution in [0, 0.1) is 39.4 Å². The molecule has 3 saturated carbocycles.